The second kappa shape index (κ2) is 7.60. The maximum Gasteiger partial charge on any atom is 0.293 e. The van der Waals surface area contributed by atoms with E-state index in [1.165, 1.54) is 0 Å². The van der Waals surface area contributed by atoms with Crippen LogP contribution < -0.4 is 10.2 Å². The summed E-state index contributed by atoms with van der Waals surface area (Å²) in [5.41, 5.74) is 1.84. The number of aliphatic imine (C=N–C) groups is 1. The van der Waals surface area contributed by atoms with E-state index in [4.69, 9.17) is 0 Å². The molecule has 1 atom stereocenters. The number of carbonyl (C=O) groups excluding carboxylic acids is 1. The summed E-state index contributed by atoms with van der Waals surface area (Å²) in [6.45, 7) is 2.12. The van der Waals surface area contributed by atoms with E-state index in [1.807, 2.05) is 18.0 Å². The van der Waals surface area contributed by atoms with E-state index in [0.29, 0.717) is 17.0 Å². The van der Waals surface area contributed by atoms with Gasteiger partial charge < -0.3 is 15.1 Å². The zero-order valence-electron chi connectivity index (χ0n) is 17.2. The molecule has 0 radical (unpaired) electrons. The normalized spacial score (nSPS) is 23.9. The fraction of sp³-hybridized carbons (Fsp3) is 0.476. The molecule has 2 saturated heterocycles. The molecule has 5 rings (SSSR count). The van der Waals surface area contributed by atoms with E-state index in [2.05, 4.69) is 30.2 Å². The van der Waals surface area contributed by atoms with Crippen molar-refractivity contribution in [1.29, 1.82) is 0 Å². The van der Waals surface area contributed by atoms with E-state index < -0.39 is 5.92 Å². The number of nitrogens with zero attached hydrogens (tertiary/aromatic N) is 6. The number of aromatic nitrogens is 3. The van der Waals surface area contributed by atoms with Gasteiger partial charge in [-0.2, -0.15) is 0 Å². The van der Waals surface area contributed by atoms with Crippen molar-refractivity contribution < 1.29 is 13.6 Å². The summed E-state index contributed by atoms with van der Waals surface area (Å²) in [5.74, 6) is -2.07. The molecule has 1 N–H and O–H groups in total. The molecule has 1 amide bonds. The smallest absolute Gasteiger partial charge is 0.293 e. The van der Waals surface area contributed by atoms with E-state index in [9.17, 15) is 13.6 Å². The molecule has 8 nitrogen and oxygen atoms in total. The van der Waals surface area contributed by atoms with Gasteiger partial charge in [0.15, 0.2) is 5.82 Å². The number of pyridine rings is 1. The topological polar surface area (TPSA) is 86.6 Å². The second-order valence-corrected chi connectivity index (χ2v) is 8.34. The quantitative estimate of drug-likeness (QED) is 0.805. The number of halogens is 2. The largest absolute Gasteiger partial charge is 0.354 e. The highest BCUT2D eigenvalue weighted by Gasteiger charge is 2.35. The van der Waals surface area contributed by atoms with Crippen LogP contribution in [0.25, 0.3) is 10.9 Å². The van der Waals surface area contributed by atoms with Crippen LogP contribution in [0.5, 0.6) is 0 Å². The molecule has 2 fully saturated rings. The van der Waals surface area contributed by atoms with E-state index >= 15 is 0 Å². The van der Waals surface area contributed by atoms with Gasteiger partial charge in [-0.25, -0.2) is 28.7 Å². The van der Waals surface area contributed by atoms with Crippen LogP contribution >= 0.6 is 0 Å². The number of anilines is 2. The van der Waals surface area contributed by atoms with Gasteiger partial charge in [-0.05, 0) is 25.6 Å². The number of nitrogens with one attached hydrogen (secondary N) is 1. The predicted molar refractivity (Wildman–Crippen MR) is 113 cm³/mol. The monoisotopic (exact) mass is 427 g/mol. The van der Waals surface area contributed by atoms with Crippen molar-refractivity contribution >= 4 is 34.3 Å². The van der Waals surface area contributed by atoms with Crippen LogP contribution in [0.15, 0.2) is 35.2 Å². The average molecular weight is 427 g/mol. The Morgan fingerprint density at radius 1 is 1.19 bits per heavy atom. The van der Waals surface area contributed by atoms with Gasteiger partial charge in [0.05, 0.1) is 0 Å². The van der Waals surface area contributed by atoms with Crippen LogP contribution in [0.4, 0.5) is 20.5 Å². The van der Waals surface area contributed by atoms with Crippen molar-refractivity contribution in [2.45, 2.75) is 25.2 Å². The Hall–Kier alpha value is -3.01. The van der Waals surface area contributed by atoms with E-state index in [0.717, 1.165) is 30.6 Å². The van der Waals surface area contributed by atoms with Crippen LogP contribution in [0, 0.1) is 5.92 Å². The van der Waals surface area contributed by atoms with E-state index in [1.54, 1.807) is 18.5 Å². The van der Waals surface area contributed by atoms with Crippen molar-refractivity contribution in [3.05, 3.63) is 30.2 Å². The van der Waals surface area contributed by atoms with Gasteiger partial charge >= 0.3 is 0 Å². The predicted octanol–water partition coefficient (Wildman–Crippen LogP) is 2.49. The Morgan fingerprint density at radius 3 is 2.81 bits per heavy atom. The molecule has 3 aliphatic rings. The lowest BCUT2D eigenvalue weighted by Crippen LogP contribution is -2.40. The maximum absolute atomic E-state index is 13.6. The van der Waals surface area contributed by atoms with Gasteiger partial charge in [0.2, 0.25) is 5.95 Å². The summed E-state index contributed by atoms with van der Waals surface area (Å²) in [7, 11) is 2.05. The molecule has 0 saturated carbocycles. The number of likely N-dealkylation sites (tertiary alicyclic amines) is 1. The minimum Gasteiger partial charge on any atom is -0.354 e. The lowest BCUT2D eigenvalue weighted by atomic mass is 9.92. The summed E-state index contributed by atoms with van der Waals surface area (Å²) >= 11 is 0. The Labute approximate surface area is 178 Å². The van der Waals surface area contributed by atoms with Crippen molar-refractivity contribution in [2.24, 2.45) is 10.9 Å². The Kier molecular flexibility index (Phi) is 4.88. The third-order valence-electron chi connectivity index (χ3n) is 6.05. The molecule has 5 heterocycles. The first-order chi connectivity index (χ1) is 14.9. The van der Waals surface area contributed by atoms with Crippen LogP contribution in [0.2, 0.25) is 0 Å². The zero-order chi connectivity index (χ0) is 21.6. The second-order valence-electron chi connectivity index (χ2n) is 8.34. The number of carbonyl (C=O) groups is 1. The number of fused-ring (bicyclic) bond motifs is 2. The van der Waals surface area contributed by atoms with Crippen molar-refractivity contribution in [3.63, 3.8) is 0 Å². The lowest BCUT2D eigenvalue weighted by Gasteiger charge is -2.32. The van der Waals surface area contributed by atoms with E-state index in [-0.39, 0.29) is 43.7 Å². The molecule has 31 heavy (non-hydrogen) atoms. The molecular weight excluding hydrogens is 404 g/mol. The molecule has 2 aromatic heterocycles. The summed E-state index contributed by atoms with van der Waals surface area (Å²) in [6.07, 6.45) is 5.53. The molecule has 3 aliphatic heterocycles. The highest BCUT2D eigenvalue weighted by Crippen LogP contribution is 2.32. The fourth-order valence-electron chi connectivity index (χ4n) is 4.27. The van der Waals surface area contributed by atoms with Gasteiger partial charge in [-0.15, -0.1) is 0 Å². The average Bonchev–Trinajstić information content (AvgIpc) is 2.74. The number of hydrogen-bond donors (Lipinski definition) is 1. The summed E-state index contributed by atoms with van der Waals surface area (Å²) < 4.78 is 27.2. The van der Waals surface area contributed by atoms with Gasteiger partial charge in [0, 0.05) is 68.4 Å². The first-order valence-electron chi connectivity index (χ1n) is 10.4. The molecule has 10 heteroatoms. The fourth-order valence-corrected chi connectivity index (χ4v) is 4.27. The number of alkyl halides is 2. The van der Waals surface area contributed by atoms with Crippen molar-refractivity contribution in [3.8, 4) is 0 Å². The first-order valence-corrected chi connectivity index (χ1v) is 10.4. The highest BCUT2D eigenvalue weighted by molar-refractivity contribution is 6.09. The summed E-state index contributed by atoms with van der Waals surface area (Å²) in [5, 5.41) is 3.77. The Morgan fingerprint density at radius 2 is 2.00 bits per heavy atom. The standard InChI is InChI=1S/C21H23F2N7O/c1-29-7-3-15-14(12-29)10-16(19(31)26-15)27-20-25-11-13-2-6-24-18(17(13)28-20)30-8-4-21(22,23)5-9-30/h2,6,10-11,14H,3-5,7-9,12H2,1H3,(H,25,27,28). The van der Waals surface area contributed by atoms with Gasteiger partial charge in [0.25, 0.3) is 11.8 Å². The maximum atomic E-state index is 13.6. The minimum absolute atomic E-state index is 0.0895. The number of piperidine rings is 2. The lowest BCUT2D eigenvalue weighted by molar-refractivity contribution is -0.114. The zero-order valence-corrected chi connectivity index (χ0v) is 17.2. The molecular formula is C21H23F2N7O. The SMILES string of the molecule is CN1CCC2=NC(=O)C(Nc3ncc4ccnc(N5CCC(F)(F)CC5)c4n3)=CC2C1. The Bertz CT molecular complexity index is 1090. The van der Waals surface area contributed by atoms with Gasteiger partial charge in [-0.3, -0.25) is 4.79 Å². The molecule has 0 bridgehead atoms. The highest BCUT2D eigenvalue weighted by atomic mass is 19.3. The summed E-state index contributed by atoms with van der Waals surface area (Å²) in [4.78, 5) is 34.1. The number of dihydropyridines is 1. The number of rotatable bonds is 3. The molecule has 0 spiro atoms. The van der Waals surface area contributed by atoms with Crippen molar-refractivity contribution in [1.82, 2.24) is 19.9 Å². The Balaban J connectivity index is 1.42. The van der Waals surface area contributed by atoms with Crippen LogP contribution in [0.1, 0.15) is 19.3 Å². The number of amides is 1. The molecule has 2 aromatic rings. The van der Waals surface area contributed by atoms with Gasteiger partial charge in [-0.1, -0.05) is 0 Å². The van der Waals surface area contributed by atoms with Crippen LogP contribution in [0.3, 0.4) is 0 Å². The van der Waals surface area contributed by atoms with Crippen LogP contribution in [-0.2, 0) is 4.79 Å². The summed E-state index contributed by atoms with van der Waals surface area (Å²) in [6, 6.07) is 1.78. The first kappa shape index (κ1) is 19.9. The molecule has 162 valence electrons. The number of hydrogen-bond acceptors (Lipinski definition) is 7. The van der Waals surface area contributed by atoms with Crippen LogP contribution in [-0.4, -0.2) is 70.6 Å². The third-order valence-corrected chi connectivity index (χ3v) is 6.05. The molecule has 0 aromatic carbocycles. The minimum atomic E-state index is -2.64. The molecule has 1 unspecified atom stereocenters. The van der Waals surface area contributed by atoms with Gasteiger partial charge in [0.1, 0.15) is 11.2 Å². The molecule has 0 aliphatic carbocycles. The third kappa shape index (κ3) is 3.99. The van der Waals surface area contributed by atoms with Crippen molar-refractivity contribution in [2.75, 3.05) is 43.4 Å².